The van der Waals surface area contributed by atoms with E-state index in [4.69, 9.17) is 11.6 Å². The lowest BCUT2D eigenvalue weighted by Gasteiger charge is -2.16. The molecule has 0 saturated heterocycles. The third-order valence-corrected chi connectivity index (χ3v) is 1.32. The highest BCUT2D eigenvalue weighted by Crippen LogP contribution is 2.21. The minimum absolute atomic E-state index is 0.804. The molecule has 0 aliphatic carbocycles. The number of nitrogens with one attached hydrogen (secondary N) is 1. The summed E-state index contributed by atoms with van der Waals surface area (Å²) in [5.74, 6) is 0. The molecule has 0 bridgehead atoms. The first-order chi connectivity index (χ1) is 3.71. The number of aliphatic imine (C=N–C) groups is 1. The van der Waals surface area contributed by atoms with Gasteiger partial charge >= 0.3 is 0 Å². The molecule has 1 atom stereocenters. The number of hydrogen-bond donors (Lipinski definition) is 1. The first kappa shape index (κ1) is 6.11. The Morgan fingerprint density at radius 1 is 1.75 bits per heavy atom. The third kappa shape index (κ3) is 1.49. The van der Waals surface area contributed by atoms with E-state index in [1.54, 1.807) is 18.5 Å². The van der Waals surface area contributed by atoms with Crippen LogP contribution in [0.3, 0.4) is 0 Å². The summed E-state index contributed by atoms with van der Waals surface area (Å²) in [6.07, 6.45) is 5.11. The van der Waals surface area contributed by atoms with Gasteiger partial charge in [0.05, 0.1) is 0 Å². The summed E-state index contributed by atoms with van der Waals surface area (Å²) in [5.41, 5.74) is 0. The van der Waals surface area contributed by atoms with Crippen LogP contribution in [-0.2, 0) is 0 Å². The van der Waals surface area contributed by atoms with Crippen molar-refractivity contribution in [2.45, 2.75) is 4.03 Å². The molecular weight excluding hydrogens is 191 g/mol. The minimum Gasteiger partial charge on any atom is -0.346 e. The molecule has 1 heterocycles. The Labute approximate surface area is 60.8 Å². The maximum Gasteiger partial charge on any atom is 0.263 e. The van der Waals surface area contributed by atoms with Crippen molar-refractivity contribution in [3.8, 4) is 0 Å². The highest BCUT2D eigenvalue weighted by Gasteiger charge is 2.18. The zero-order chi connectivity index (χ0) is 6.04. The van der Waals surface area contributed by atoms with Gasteiger partial charge in [-0.15, -0.1) is 0 Å². The molecule has 0 amide bonds. The Morgan fingerprint density at radius 3 is 2.75 bits per heavy atom. The van der Waals surface area contributed by atoms with Crippen molar-refractivity contribution in [3.05, 3.63) is 12.3 Å². The summed E-state index contributed by atoms with van der Waals surface area (Å²) in [6.45, 7) is 0. The van der Waals surface area contributed by atoms with Crippen molar-refractivity contribution in [1.82, 2.24) is 5.32 Å². The molecule has 0 aromatic heterocycles. The first-order valence-electron chi connectivity index (χ1n) is 2.07. The molecule has 0 fully saturated rings. The van der Waals surface area contributed by atoms with Gasteiger partial charge in [-0.1, -0.05) is 11.6 Å². The van der Waals surface area contributed by atoms with Crippen LogP contribution in [0.5, 0.6) is 0 Å². The van der Waals surface area contributed by atoms with E-state index in [-0.39, 0.29) is 0 Å². The molecule has 0 radical (unpaired) electrons. The SMILES string of the molecule is ClC1(Br)N=CC=CN1. The van der Waals surface area contributed by atoms with Crippen LogP contribution < -0.4 is 5.32 Å². The van der Waals surface area contributed by atoms with E-state index in [0.717, 1.165) is 0 Å². The lowest BCUT2D eigenvalue weighted by atomic mass is 10.6. The van der Waals surface area contributed by atoms with Crippen molar-refractivity contribution < 1.29 is 0 Å². The van der Waals surface area contributed by atoms with Gasteiger partial charge in [-0.3, -0.25) is 0 Å². The summed E-state index contributed by atoms with van der Waals surface area (Å²) in [4.78, 5) is 3.82. The van der Waals surface area contributed by atoms with Gasteiger partial charge in [0.25, 0.3) is 4.03 Å². The number of rotatable bonds is 0. The van der Waals surface area contributed by atoms with E-state index in [0.29, 0.717) is 0 Å². The van der Waals surface area contributed by atoms with E-state index < -0.39 is 4.03 Å². The predicted molar refractivity (Wildman–Crippen MR) is 38.3 cm³/mol. The van der Waals surface area contributed by atoms with Crippen LogP contribution in [0.2, 0.25) is 0 Å². The maximum absolute atomic E-state index is 5.63. The molecule has 0 aromatic rings. The molecular formula is C4H4BrClN2. The molecule has 0 spiro atoms. The van der Waals surface area contributed by atoms with Gasteiger partial charge < -0.3 is 5.32 Å². The smallest absolute Gasteiger partial charge is 0.263 e. The van der Waals surface area contributed by atoms with Crippen LogP contribution in [0.1, 0.15) is 0 Å². The molecule has 8 heavy (non-hydrogen) atoms. The van der Waals surface area contributed by atoms with Crippen molar-refractivity contribution in [2.24, 2.45) is 4.99 Å². The molecule has 0 saturated carbocycles. The fraction of sp³-hybridized carbons (Fsp3) is 0.250. The largest absolute Gasteiger partial charge is 0.346 e. The lowest BCUT2D eigenvalue weighted by Crippen LogP contribution is -2.28. The second-order valence-corrected chi connectivity index (χ2v) is 3.47. The van der Waals surface area contributed by atoms with Gasteiger partial charge in [0, 0.05) is 12.4 Å². The maximum atomic E-state index is 5.63. The average Bonchev–Trinajstić information content (AvgIpc) is 1.65. The van der Waals surface area contributed by atoms with E-state index in [9.17, 15) is 0 Å². The van der Waals surface area contributed by atoms with E-state index in [1.807, 2.05) is 0 Å². The van der Waals surface area contributed by atoms with Gasteiger partial charge in [-0.2, -0.15) is 0 Å². The van der Waals surface area contributed by atoms with Crippen molar-refractivity contribution in [3.63, 3.8) is 0 Å². The molecule has 1 rings (SSSR count). The summed E-state index contributed by atoms with van der Waals surface area (Å²) in [6, 6.07) is 0. The lowest BCUT2D eigenvalue weighted by molar-refractivity contribution is 0.761. The van der Waals surface area contributed by atoms with E-state index >= 15 is 0 Å². The zero-order valence-corrected chi connectivity index (χ0v) is 6.28. The second-order valence-electron chi connectivity index (χ2n) is 1.32. The Morgan fingerprint density at radius 2 is 2.50 bits per heavy atom. The summed E-state index contributed by atoms with van der Waals surface area (Å²) in [5, 5.41) is 2.76. The molecule has 2 nitrogen and oxygen atoms in total. The molecule has 1 aliphatic rings. The van der Waals surface area contributed by atoms with Crippen LogP contribution in [0.4, 0.5) is 0 Å². The molecule has 1 N–H and O–H groups in total. The normalized spacial score (nSPS) is 34.8. The van der Waals surface area contributed by atoms with Crippen LogP contribution in [0, 0.1) is 0 Å². The highest BCUT2D eigenvalue weighted by atomic mass is 79.9. The Hall–Kier alpha value is -0.0200. The summed E-state index contributed by atoms with van der Waals surface area (Å²) in [7, 11) is 0. The Balaban J connectivity index is 2.65. The van der Waals surface area contributed by atoms with Crippen molar-refractivity contribution in [2.75, 3.05) is 0 Å². The zero-order valence-electron chi connectivity index (χ0n) is 3.94. The second kappa shape index (κ2) is 2.07. The molecule has 1 aliphatic heterocycles. The predicted octanol–water partition coefficient (Wildman–Crippen LogP) is 1.42. The van der Waals surface area contributed by atoms with E-state index in [2.05, 4.69) is 26.2 Å². The third-order valence-electron chi connectivity index (χ3n) is 0.676. The molecule has 4 heteroatoms. The van der Waals surface area contributed by atoms with Gasteiger partial charge in [0.2, 0.25) is 0 Å². The monoisotopic (exact) mass is 194 g/mol. The van der Waals surface area contributed by atoms with Crippen LogP contribution in [0.25, 0.3) is 0 Å². The Kier molecular flexibility index (Phi) is 1.58. The van der Waals surface area contributed by atoms with Gasteiger partial charge in [-0.25, -0.2) is 4.99 Å². The quantitative estimate of drug-likeness (QED) is 0.459. The highest BCUT2D eigenvalue weighted by molar-refractivity contribution is 9.10. The molecule has 0 aromatic carbocycles. The number of hydrogen-bond acceptors (Lipinski definition) is 2. The van der Waals surface area contributed by atoms with Crippen molar-refractivity contribution in [1.29, 1.82) is 0 Å². The first-order valence-corrected chi connectivity index (χ1v) is 3.24. The topological polar surface area (TPSA) is 24.4 Å². The van der Waals surface area contributed by atoms with Crippen molar-refractivity contribution >= 4 is 33.7 Å². The Bertz CT molecular complexity index is 141. The summed E-state index contributed by atoms with van der Waals surface area (Å²) < 4.78 is -0.804. The minimum atomic E-state index is -0.804. The van der Waals surface area contributed by atoms with Crippen LogP contribution in [-0.4, -0.2) is 10.2 Å². The van der Waals surface area contributed by atoms with Crippen LogP contribution in [0.15, 0.2) is 17.3 Å². The standard InChI is InChI=1S/C4H4BrClN2/c5-4(6)7-2-1-3-8-4/h1-3,7H. The number of halogens is 2. The van der Waals surface area contributed by atoms with Gasteiger partial charge in [0.1, 0.15) is 0 Å². The number of alkyl halides is 2. The van der Waals surface area contributed by atoms with Gasteiger partial charge in [0.15, 0.2) is 0 Å². The van der Waals surface area contributed by atoms with Crippen LogP contribution >= 0.6 is 27.5 Å². The average molecular weight is 195 g/mol. The molecule has 44 valence electrons. The van der Waals surface area contributed by atoms with Gasteiger partial charge in [-0.05, 0) is 22.0 Å². The fourth-order valence-electron chi connectivity index (χ4n) is 0.365. The summed E-state index contributed by atoms with van der Waals surface area (Å²) >= 11 is 8.73. The fourth-order valence-corrected chi connectivity index (χ4v) is 0.735. The number of nitrogens with zero attached hydrogens (tertiary/aromatic N) is 1. The number of allylic oxidation sites excluding steroid dienone is 1. The van der Waals surface area contributed by atoms with E-state index in [1.165, 1.54) is 0 Å². The molecule has 1 unspecified atom stereocenters.